The molecule has 0 unspecified atom stereocenters. The molecule has 1 aliphatic heterocycles. The molecule has 0 aliphatic carbocycles. The number of anilines is 2. The lowest BCUT2D eigenvalue weighted by Gasteiger charge is -2.28. The van der Waals surface area contributed by atoms with E-state index in [-0.39, 0.29) is 5.91 Å². The Hall–Kier alpha value is -2.07. The van der Waals surface area contributed by atoms with Crippen LogP contribution in [0.15, 0.2) is 47.2 Å². The number of carbonyl (C=O) groups excluding carboxylic acids is 1. The number of piperidine rings is 1. The molecule has 114 valence electrons. The molecule has 2 heterocycles. The van der Waals surface area contributed by atoms with Gasteiger partial charge in [-0.15, -0.1) is 0 Å². The number of thiophene rings is 1. The summed E-state index contributed by atoms with van der Waals surface area (Å²) in [5, 5.41) is 6.90. The molecular formula is C18H20N2OS. The SMILES string of the molecule is O=C(/C=C/c1ccsc1)Nc1ccc(N2CCCCC2)cc1. The highest BCUT2D eigenvalue weighted by molar-refractivity contribution is 7.08. The van der Waals surface area contributed by atoms with Crippen molar-refractivity contribution < 1.29 is 4.79 Å². The van der Waals surface area contributed by atoms with Crippen molar-refractivity contribution in [2.45, 2.75) is 19.3 Å². The topological polar surface area (TPSA) is 32.3 Å². The zero-order valence-electron chi connectivity index (χ0n) is 12.5. The van der Waals surface area contributed by atoms with Gasteiger partial charge in [-0.05, 0) is 72.0 Å². The maximum atomic E-state index is 11.9. The quantitative estimate of drug-likeness (QED) is 0.849. The second-order valence-corrected chi connectivity index (χ2v) is 6.25. The van der Waals surface area contributed by atoms with E-state index in [0.717, 1.165) is 24.3 Å². The van der Waals surface area contributed by atoms with Crippen molar-refractivity contribution in [2.75, 3.05) is 23.3 Å². The lowest BCUT2D eigenvalue weighted by atomic mass is 10.1. The van der Waals surface area contributed by atoms with Crippen molar-refractivity contribution in [1.29, 1.82) is 0 Å². The van der Waals surface area contributed by atoms with Gasteiger partial charge in [-0.3, -0.25) is 4.79 Å². The van der Waals surface area contributed by atoms with Gasteiger partial charge in [-0.2, -0.15) is 11.3 Å². The predicted molar refractivity (Wildman–Crippen MR) is 94.5 cm³/mol. The van der Waals surface area contributed by atoms with Crippen molar-refractivity contribution in [3.05, 3.63) is 52.7 Å². The van der Waals surface area contributed by atoms with Crippen molar-refractivity contribution >= 4 is 34.7 Å². The number of carbonyl (C=O) groups is 1. The first-order valence-corrected chi connectivity index (χ1v) is 8.62. The van der Waals surface area contributed by atoms with E-state index in [1.165, 1.54) is 24.9 Å². The lowest BCUT2D eigenvalue weighted by Crippen LogP contribution is -2.29. The van der Waals surface area contributed by atoms with Crippen LogP contribution in [0.3, 0.4) is 0 Å². The average Bonchev–Trinajstić information content (AvgIpc) is 3.08. The third kappa shape index (κ3) is 3.98. The number of nitrogens with zero attached hydrogens (tertiary/aromatic N) is 1. The second-order valence-electron chi connectivity index (χ2n) is 5.47. The molecule has 0 atom stereocenters. The molecule has 3 rings (SSSR count). The molecule has 1 aliphatic rings. The maximum absolute atomic E-state index is 11.9. The number of hydrogen-bond donors (Lipinski definition) is 1. The van der Waals surface area contributed by atoms with Crippen LogP contribution in [0.5, 0.6) is 0 Å². The highest BCUT2D eigenvalue weighted by Crippen LogP contribution is 2.21. The number of benzene rings is 1. The summed E-state index contributed by atoms with van der Waals surface area (Å²) in [4.78, 5) is 14.3. The summed E-state index contributed by atoms with van der Waals surface area (Å²) in [7, 11) is 0. The van der Waals surface area contributed by atoms with Crippen LogP contribution in [0.1, 0.15) is 24.8 Å². The van der Waals surface area contributed by atoms with E-state index in [1.807, 2.05) is 35.0 Å². The van der Waals surface area contributed by atoms with Gasteiger partial charge in [0.05, 0.1) is 0 Å². The molecule has 2 aromatic rings. The summed E-state index contributed by atoms with van der Waals surface area (Å²) in [5.74, 6) is -0.100. The Morgan fingerprint density at radius 3 is 2.55 bits per heavy atom. The smallest absolute Gasteiger partial charge is 0.248 e. The Kier molecular flexibility index (Phi) is 4.91. The molecule has 1 aromatic heterocycles. The van der Waals surface area contributed by atoms with Gasteiger partial charge in [0.2, 0.25) is 5.91 Å². The molecule has 22 heavy (non-hydrogen) atoms. The Bertz CT molecular complexity index is 626. The Balaban J connectivity index is 1.57. The molecule has 1 fully saturated rings. The van der Waals surface area contributed by atoms with E-state index >= 15 is 0 Å². The van der Waals surface area contributed by atoms with Crippen LogP contribution in [0.2, 0.25) is 0 Å². The summed E-state index contributed by atoms with van der Waals surface area (Å²) in [6.07, 6.45) is 7.27. The fourth-order valence-electron chi connectivity index (χ4n) is 2.63. The van der Waals surface area contributed by atoms with E-state index in [0.29, 0.717) is 0 Å². The Labute approximate surface area is 135 Å². The number of nitrogens with one attached hydrogen (secondary N) is 1. The maximum Gasteiger partial charge on any atom is 0.248 e. The molecule has 0 bridgehead atoms. The zero-order valence-corrected chi connectivity index (χ0v) is 13.3. The molecule has 1 aromatic carbocycles. The highest BCUT2D eigenvalue weighted by Gasteiger charge is 2.10. The summed E-state index contributed by atoms with van der Waals surface area (Å²) in [6.45, 7) is 2.27. The first kappa shape index (κ1) is 14.9. The van der Waals surface area contributed by atoms with Gasteiger partial charge in [-0.1, -0.05) is 0 Å². The number of rotatable bonds is 4. The van der Waals surface area contributed by atoms with Crippen LogP contribution < -0.4 is 10.2 Å². The van der Waals surface area contributed by atoms with Gasteiger partial charge in [0.25, 0.3) is 0 Å². The van der Waals surface area contributed by atoms with E-state index in [2.05, 4.69) is 22.3 Å². The van der Waals surface area contributed by atoms with Crippen molar-refractivity contribution in [3.63, 3.8) is 0 Å². The predicted octanol–water partition coefficient (Wildman–Crippen LogP) is 4.39. The molecule has 0 spiro atoms. The van der Waals surface area contributed by atoms with E-state index < -0.39 is 0 Å². The minimum Gasteiger partial charge on any atom is -0.372 e. The summed E-state index contributed by atoms with van der Waals surface area (Å²) < 4.78 is 0. The fourth-order valence-corrected chi connectivity index (χ4v) is 3.26. The van der Waals surface area contributed by atoms with Gasteiger partial charge in [-0.25, -0.2) is 0 Å². The number of amides is 1. The van der Waals surface area contributed by atoms with Crippen LogP contribution in [0.4, 0.5) is 11.4 Å². The second kappa shape index (κ2) is 7.27. The minimum atomic E-state index is -0.100. The van der Waals surface area contributed by atoms with Crippen molar-refractivity contribution in [1.82, 2.24) is 0 Å². The molecular weight excluding hydrogens is 292 g/mol. The standard InChI is InChI=1S/C18H20N2OS/c21-18(9-4-15-10-13-22-14-15)19-16-5-7-17(8-6-16)20-11-2-1-3-12-20/h4-10,13-14H,1-3,11-12H2,(H,19,21)/b9-4+. The monoisotopic (exact) mass is 312 g/mol. The van der Waals surface area contributed by atoms with Crippen molar-refractivity contribution in [3.8, 4) is 0 Å². The molecule has 1 saturated heterocycles. The minimum absolute atomic E-state index is 0.100. The highest BCUT2D eigenvalue weighted by atomic mass is 32.1. The zero-order chi connectivity index (χ0) is 15.2. The van der Waals surface area contributed by atoms with Crippen LogP contribution in [0.25, 0.3) is 6.08 Å². The van der Waals surface area contributed by atoms with E-state index in [9.17, 15) is 4.79 Å². The van der Waals surface area contributed by atoms with Crippen molar-refractivity contribution in [2.24, 2.45) is 0 Å². The molecule has 1 amide bonds. The summed E-state index contributed by atoms with van der Waals surface area (Å²) in [6, 6.07) is 10.1. The van der Waals surface area contributed by atoms with Crippen LogP contribution in [-0.4, -0.2) is 19.0 Å². The fraction of sp³-hybridized carbons (Fsp3) is 0.278. The average molecular weight is 312 g/mol. The lowest BCUT2D eigenvalue weighted by molar-refractivity contribution is -0.111. The van der Waals surface area contributed by atoms with Crippen LogP contribution in [-0.2, 0) is 4.79 Å². The third-order valence-corrected chi connectivity index (χ3v) is 4.53. The van der Waals surface area contributed by atoms with Crippen LogP contribution >= 0.6 is 11.3 Å². The molecule has 0 radical (unpaired) electrons. The normalized spacial score (nSPS) is 15.2. The molecule has 1 N–H and O–H groups in total. The largest absolute Gasteiger partial charge is 0.372 e. The summed E-state index contributed by atoms with van der Waals surface area (Å²) in [5.41, 5.74) is 3.13. The first-order chi connectivity index (χ1) is 10.8. The van der Waals surface area contributed by atoms with E-state index in [1.54, 1.807) is 17.4 Å². The molecule has 0 saturated carbocycles. The molecule has 3 nitrogen and oxygen atoms in total. The van der Waals surface area contributed by atoms with Gasteiger partial charge in [0.15, 0.2) is 0 Å². The Morgan fingerprint density at radius 1 is 1.09 bits per heavy atom. The summed E-state index contributed by atoms with van der Waals surface area (Å²) >= 11 is 1.62. The van der Waals surface area contributed by atoms with Gasteiger partial charge >= 0.3 is 0 Å². The van der Waals surface area contributed by atoms with Gasteiger partial charge < -0.3 is 10.2 Å². The van der Waals surface area contributed by atoms with Gasteiger partial charge in [0, 0.05) is 30.5 Å². The Morgan fingerprint density at radius 2 is 1.86 bits per heavy atom. The molecule has 4 heteroatoms. The van der Waals surface area contributed by atoms with Gasteiger partial charge in [0.1, 0.15) is 0 Å². The number of hydrogen-bond acceptors (Lipinski definition) is 3. The van der Waals surface area contributed by atoms with Crippen LogP contribution in [0, 0.1) is 0 Å². The third-order valence-electron chi connectivity index (χ3n) is 3.83. The van der Waals surface area contributed by atoms with E-state index in [4.69, 9.17) is 0 Å². The first-order valence-electron chi connectivity index (χ1n) is 7.67.